The summed E-state index contributed by atoms with van der Waals surface area (Å²) < 4.78 is 2.40. The van der Waals surface area contributed by atoms with Gasteiger partial charge in [0.25, 0.3) is 0 Å². The maximum absolute atomic E-state index is 2.86. The first kappa shape index (κ1) is 12.9. The summed E-state index contributed by atoms with van der Waals surface area (Å²) in [5.41, 5.74) is 5.38. The molecule has 104 valence electrons. The number of hydrogen-bond acceptors (Lipinski definition) is 0. The van der Waals surface area contributed by atoms with Gasteiger partial charge in [0.1, 0.15) is 0 Å². The van der Waals surface area contributed by atoms with Gasteiger partial charge in [0, 0.05) is 5.39 Å². The fraction of sp³-hybridized carbons (Fsp3) is 0.158. The van der Waals surface area contributed by atoms with E-state index in [4.69, 9.17) is 0 Å². The zero-order valence-electron chi connectivity index (χ0n) is 12.1. The highest BCUT2D eigenvalue weighted by atomic mass is 31.0. The summed E-state index contributed by atoms with van der Waals surface area (Å²) in [6.45, 7) is 2.33. The van der Waals surface area contributed by atoms with Crippen molar-refractivity contribution in [2.75, 3.05) is 0 Å². The molecule has 1 nitrogen and oxygen atoms in total. The van der Waals surface area contributed by atoms with Crippen LogP contribution < -0.4 is 5.30 Å². The van der Waals surface area contributed by atoms with E-state index >= 15 is 0 Å². The van der Waals surface area contributed by atoms with E-state index in [1.807, 2.05) is 0 Å². The van der Waals surface area contributed by atoms with Crippen LogP contribution in [0.25, 0.3) is 22.7 Å². The van der Waals surface area contributed by atoms with Crippen molar-refractivity contribution in [1.29, 1.82) is 0 Å². The Morgan fingerprint density at radius 3 is 2.67 bits per heavy atom. The highest BCUT2D eigenvalue weighted by Crippen LogP contribution is 2.39. The number of allylic oxidation sites excluding steroid dienone is 1. The summed E-state index contributed by atoms with van der Waals surface area (Å²) in [4.78, 5) is 0. The van der Waals surface area contributed by atoms with Gasteiger partial charge in [-0.15, -0.1) is 9.24 Å². The molecule has 0 amide bonds. The van der Waals surface area contributed by atoms with Crippen LogP contribution in [-0.4, -0.2) is 4.57 Å². The van der Waals surface area contributed by atoms with Crippen molar-refractivity contribution < 1.29 is 0 Å². The van der Waals surface area contributed by atoms with Crippen molar-refractivity contribution in [3.05, 3.63) is 65.9 Å². The first-order chi connectivity index (χ1) is 10.3. The lowest BCUT2D eigenvalue weighted by Crippen LogP contribution is -2.08. The largest absolute Gasteiger partial charge is 0.309 e. The maximum Gasteiger partial charge on any atom is 0.0538 e. The van der Waals surface area contributed by atoms with Crippen LogP contribution in [-0.2, 0) is 0 Å². The standard InChI is InChI=1S/C19H18NP/c1-13-7-6-11-17-19(13)14-8-2-3-9-15(14)20(17)16-10-4-5-12-18(16)21/h2-6,8-13H,7,21H2,1H3. The molecule has 1 aromatic heterocycles. The third kappa shape index (κ3) is 1.88. The molecule has 1 aliphatic rings. The normalized spacial score (nSPS) is 17.1. The Balaban J connectivity index is 2.16. The first-order valence-corrected chi connectivity index (χ1v) is 8.00. The number of hydrogen-bond donors (Lipinski definition) is 0. The molecule has 4 rings (SSSR count). The Morgan fingerprint density at radius 1 is 1.05 bits per heavy atom. The quantitative estimate of drug-likeness (QED) is 0.575. The summed E-state index contributed by atoms with van der Waals surface area (Å²) >= 11 is 0. The van der Waals surface area contributed by atoms with E-state index in [-0.39, 0.29) is 0 Å². The monoisotopic (exact) mass is 291 g/mol. The molecule has 2 heteroatoms. The van der Waals surface area contributed by atoms with Gasteiger partial charge in [-0.05, 0) is 41.4 Å². The second kappa shape index (κ2) is 4.86. The smallest absolute Gasteiger partial charge is 0.0538 e. The zero-order chi connectivity index (χ0) is 14.4. The summed E-state index contributed by atoms with van der Waals surface area (Å²) in [7, 11) is 2.86. The van der Waals surface area contributed by atoms with Gasteiger partial charge >= 0.3 is 0 Å². The fourth-order valence-corrected chi connectivity index (χ4v) is 3.76. The van der Waals surface area contributed by atoms with Crippen LogP contribution in [0.1, 0.15) is 30.5 Å². The number of nitrogens with zero attached hydrogens (tertiary/aromatic N) is 1. The van der Waals surface area contributed by atoms with Gasteiger partial charge in [0.05, 0.1) is 16.9 Å². The molecule has 0 fully saturated rings. The minimum Gasteiger partial charge on any atom is -0.309 e. The molecule has 0 bridgehead atoms. The molecule has 0 aliphatic heterocycles. The lowest BCUT2D eigenvalue weighted by Gasteiger charge is -2.17. The Morgan fingerprint density at radius 2 is 1.81 bits per heavy atom. The van der Waals surface area contributed by atoms with Crippen molar-refractivity contribution >= 4 is 31.5 Å². The number of aromatic nitrogens is 1. The molecule has 2 unspecified atom stereocenters. The molecule has 0 saturated carbocycles. The minimum atomic E-state index is 0.577. The maximum atomic E-state index is 2.86. The third-order valence-corrected chi connectivity index (χ3v) is 4.88. The lowest BCUT2D eigenvalue weighted by atomic mass is 9.91. The van der Waals surface area contributed by atoms with E-state index in [0.717, 1.165) is 6.42 Å². The van der Waals surface area contributed by atoms with Gasteiger partial charge in [-0.3, -0.25) is 0 Å². The van der Waals surface area contributed by atoms with E-state index in [9.17, 15) is 0 Å². The molecule has 21 heavy (non-hydrogen) atoms. The molecule has 2 aromatic carbocycles. The Hall–Kier alpha value is -1.85. The van der Waals surface area contributed by atoms with Gasteiger partial charge in [0.15, 0.2) is 0 Å². The molecule has 0 N–H and O–H groups in total. The van der Waals surface area contributed by atoms with Gasteiger partial charge < -0.3 is 4.57 Å². The molecule has 0 spiro atoms. The van der Waals surface area contributed by atoms with Crippen molar-refractivity contribution in [3.63, 3.8) is 0 Å². The van der Waals surface area contributed by atoms with E-state index < -0.39 is 0 Å². The zero-order valence-corrected chi connectivity index (χ0v) is 13.2. The molecule has 2 atom stereocenters. The molecular formula is C19H18NP. The predicted molar refractivity (Wildman–Crippen MR) is 94.7 cm³/mol. The lowest BCUT2D eigenvalue weighted by molar-refractivity contribution is 0.773. The topological polar surface area (TPSA) is 4.93 Å². The van der Waals surface area contributed by atoms with Crippen LogP contribution in [0.3, 0.4) is 0 Å². The average Bonchev–Trinajstić information content (AvgIpc) is 2.83. The SMILES string of the molecule is CC1CC=Cc2c1c1ccccc1n2-c1ccccc1P. The van der Waals surface area contributed by atoms with Gasteiger partial charge in [-0.2, -0.15) is 0 Å². The molecule has 0 saturated heterocycles. The summed E-state index contributed by atoms with van der Waals surface area (Å²) in [5.74, 6) is 0.577. The van der Waals surface area contributed by atoms with E-state index in [2.05, 4.69) is 81.4 Å². The third-order valence-electron chi connectivity index (χ3n) is 4.39. The molecule has 0 radical (unpaired) electrons. The van der Waals surface area contributed by atoms with Crippen molar-refractivity contribution in [2.45, 2.75) is 19.3 Å². The highest BCUT2D eigenvalue weighted by molar-refractivity contribution is 7.27. The van der Waals surface area contributed by atoms with Crippen molar-refractivity contribution in [1.82, 2.24) is 4.57 Å². The van der Waals surface area contributed by atoms with Crippen LogP contribution in [0.2, 0.25) is 0 Å². The van der Waals surface area contributed by atoms with Gasteiger partial charge in [0.2, 0.25) is 0 Å². The van der Waals surface area contributed by atoms with Crippen LogP contribution in [0.15, 0.2) is 54.6 Å². The average molecular weight is 291 g/mol. The summed E-state index contributed by atoms with van der Waals surface area (Å²) in [6, 6.07) is 17.3. The van der Waals surface area contributed by atoms with Crippen molar-refractivity contribution in [3.8, 4) is 5.69 Å². The predicted octanol–water partition coefficient (Wildman–Crippen LogP) is 4.65. The second-order valence-electron chi connectivity index (χ2n) is 5.75. The van der Waals surface area contributed by atoms with Crippen LogP contribution in [0, 0.1) is 0 Å². The molecule has 3 aromatic rings. The number of benzene rings is 2. The van der Waals surface area contributed by atoms with Crippen molar-refractivity contribution in [2.24, 2.45) is 0 Å². The van der Waals surface area contributed by atoms with E-state index in [0.29, 0.717) is 5.92 Å². The Bertz CT molecular complexity index is 857. The first-order valence-electron chi connectivity index (χ1n) is 7.42. The highest BCUT2D eigenvalue weighted by Gasteiger charge is 2.22. The van der Waals surface area contributed by atoms with Crippen LogP contribution in [0.4, 0.5) is 0 Å². The summed E-state index contributed by atoms with van der Waals surface area (Å²) in [6.07, 6.45) is 5.71. The number of para-hydroxylation sites is 2. The van der Waals surface area contributed by atoms with E-state index in [1.54, 1.807) is 0 Å². The fourth-order valence-electron chi connectivity index (χ4n) is 3.42. The van der Waals surface area contributed by atoms with Gasteiger partial charge in [-0.25, -0.2) is 0 Å². The molecule has 1 heterocycles. The minimum absolute atomic E-state index is 0.577. The Kier molecular flexibility index (Phi) is 2.97. The van der Waals surface area contributed by atoms with E-state index in [1.165, 1.54) is 33.2 Å². The number of fused-ring (bicyclic) bond motifs is 3. The second-order valence-corrected chi connectivity index (χ2v) is 6.37. The molecular weight excluding hydrogens is 273 g/mol. The molecule has 1 aliphatic carbocycles. The van der Waals surface area contributed by atoms with Gasteiger partial charge in [-0.1, -0.05) is 49.4 Å². The number of rotatable bonds is 1. The summed E-state index contributed by atoms with van der Waals surface area (Å²) in [5, 5.41) is 2.62. The van der Waals surface area contributed by atoms with Crippen LogP contribution in [0.5, 0.6) is 0 Å². The Labute approximate surface area is 127 Å². The van der Waals surface area contributed by atoms with Crippen LogP contribution >= 0.6 is 9.24 Å².